The summed E-state index contributed by atoms with van der Waals surface area (Å²) in [6.45, 7) is 4.49. The van der Waals surface area contributed by atoms with E-state index in [2.05, 4.69) is 98.2 Å². The molecule has 218 valence electrons. The molecule has 0 aromatic heterocycles. The smallest absolute Gasteiger partial charge is 0.0714 e. The van der Waals surface area contributed by atoms with Gasteiger partial charge in [-0.25, -0.2) is 0 Å². The fourth-order valence-corrected chi connectivity index (χ4v) is 6.34. The van der Waals surface area contributed by atoms with Gasteiger partial charge in [-0.1, -0.05) is 112 Å². The van der Waals surface area contributed by atoms with E-state index in [0.717, 1.165) is 48.2 Å². The van der Waals surface area contributed by atoms with Crippen LogP contribution in [0.2, 0.25) is 0 Å². The van der Waals surface area contributed by atoms with Crippen LogP contribution in [0.15, 0.2) is 84.9 Å². The van der Waals surface area contributed by atoms with Crippen molar-refractivity contribution in [3.63, 3.8) is 0 Å². The zero-order valence-electron chi connectivity index (χ0n) is 25.8. The van der Waals surface area contributed by atoms with Crippen LogP contribution in [0.4, 0.5) is 11.4 Å². The molecule has 0 fully saturated rings. The number of hydrogen-bond donors (Lipinski definition) is 2. The lowest BCUT2D eigenvalue weighted by molar-refractivity contribution is 0.679. The maximum atomic E-state index is 6.21. The van der Waals surface area contributed by atoms with Gasteiger partial charge in [0.25, 0.3) is 0 Å². The van der Waals surface area contributed by atoms with Crippen LogP contribution < -0.4 is 11.5 Å². The second-order valence-electron chi connectivity index (χ2n) is 11.7. The maximum absolute atomic E-state index is 6.21. The quantitative estimate of drug-likeness (QED) is 0.101. The second kappa shape index (κ2) is 14.2. The third-order valence-corrected chi connectivity index (χ3v) is 8.60. The van der Waals surface area contributed by atoms with Crippen LogP contribution in [-0.2, 0) is 5.41 Å². The largest absolute Gasteiger partial charge is 0.399 e. The highest BCUT2D eigenvalue weighted by Crippen LogP contribution is 2.56. The summed E-state index contributed by atoms with van der Waals surface area (Å²) in [5, 5.41) is 0. The molecule has 1 aliphatic carbocycles. The zero-order valence-corrected chi connectivity index (χ0v) is 25.8. The molecule has 0 atom stereocenters. The monoisotopic (exact) mass is 564 g/mol. The van der Waals surface area contributed by atoms with Gasteiger partial charge < -0.3 is 11.5 Å². The number of anilines is 2. The lowest BCUT2D eigenvalue weighted by Crippen LogP contribution is -2.28. The number of fused-ring (bicyclic) bond motifs is 3. The number of nitrogens with two attached hydrogens (primary N) is 2. The first kappa shape index (κ1) is 30.1. The highest BCUT2D eigenvalue weighted by atomic mass is 14.6. The Morgan fingerprint density at radius 2 is 0.930 bits per heavy atom. The lowest BCUT2D eigenvalue weighted by atomic mass is 9.67. The fraction of sp³-hybridized carbons (Fsp3) is 0.317. The van der Waals surface area contributed by atoms with Gasteiger partial charge in [-0.2, -0.15) is 0 Å². The summed E-state index contributed by atoms with van der Waals surface area (Å²) >= 11 is 0. The van der Waals surface area contributed by atoms with E-state index in [1.54, 1.807) is 0 Å². The number of hydrogen-bond acceptors (Lipinski definition) is 2. The summed E-state index contributed by atoms with van der Waals surface area (Å²) in [6.07, 6.45) is 11.7. The first-order valence-electron chi connectivity index (χ1n) is 16.1. The molecule has 0 radical (unpaired) electrons. The van der Waals surface area contributed by atoms with Crippen LogP contribution in [0.5, 0.6) is 0 Å². The van der Waals surface area contributed by atoms with E-state index in [0.29, 0.717) is 0 Å². The van der Waals surface area contributed by atoms with Crippen molar-refractivity contribution < 1.29 is 0 Å². The van der Waals surface area contributed by atoms with Crippen molar-refractivity contribution in [2.24, 2.45) is 0 Å². The summed E-state index contributed by atoms with van der Waals surface area (Å²) in [6, 6.07) is 30.2. The van der Waals surface area contributed by atoms with Crippen molar-refractivity contribution in [3.8, 4) is 34.8 Å². The minimum atomic E-state index is -0.552. The molecule has 0 saturated carbocycles. The summed E-state index contributed by atoms with van der Waals surface area (Å²) in [7, 11) is 0. The Hall–Kier alpha value is -4.40. The summed E-state index contributed by atoms with van der Waals surface area (Å²) in [5.41, 5.74) is 22.7. The Morgan fingerprint density at radius 3 is 1.33 bits per heavy atom. The fourth-order valence-electron chi connectivity index (χ4n) is 6.34. The molecule has 5 rings (SSSR count). The predicted molar refractivity (Wildman–Crippen MR) is 184 cm³/mol. The molecule has 0 spiro atoms. The van der Waals surface area contributed by atoms with Crippen LogP contribution in [-0.4, -0.2) is 0 Å². The molecule has 4 aromatic rings. The Kier molecular flexibility index (Phi) is 9.92. The van der Waals surface area contributed by atoms with Gasteiger partial charge in [-0.05, 0) is 94.8 Å². The van der Waals surface area contributed by atoms with E-state index >= 15 is 0 Å². The van der Waals surface area contributed by atoms with Crippen LogP contribution >= 0.6 is 0 Å². The van der Waals surface area contributed by atoms with E-state index in [9.17, 15) is 0 Å². The van der Waals surface area contributed by atoms with Crippen molar-refractivity contribution in [1.29, 1.82) is 0 Å². The maximum Gasteiger partial charge on any atom is 0.0714 e. The van der Waals surface area contributed by atoms with Crippen LogP contribution in [0, 0.1) is 23.7 Å². The molecular formula is C41H44N2. The van der Waals surface area contributed by atoms with Gasteiger partial charge in [-0.15, -0.1) is 0 Å². The third kappa shape index (κ3) is 6.50. The van der Waals surface area contributed by atoms with Gasteiger partial charge in [0.15, 0.2) is 0 Å². The number of nitrogen functional groups attached to an aromatic ring is 2. The first-order valence-corrected chi connectivity index (χ1v) is 16.1. The van der Waals surface area contributed by atoms with Crippen molar-refractivity contribution in [1.82, 2.24) is 0 Å². The van der Waals surface area contributed by atoms with E-state index < -0.39 is 5.41 Å². The van der Waals surface area contributed by atoms with Gasteiger partial charge in [0.05, 0.1) is 5.41 Å². The minimum absolute atomic E-state index is 0.552. The molecule has 4 N–H and O–H groups in total. The van der Waals surface area contributed by atoms with E-state index in [1.807, 2.05) is 24.3 Å². The van der Waals surface area contributed by atoms with Crippen LogP contribution in [0.3, 0.4) is 0 Å². The zero-order chi connectivity index (χ0) is 30.1. The predicted octanol–water partition coefficient (Wildman–Crippen LogP) is 9.86. The topological polar surface area (TPSA) is 52.0 Å². The van der Waals surface area contributed by atoms with E-state index in [-0.39, 0.29) is 0 Å². The molecule has 0 bridgehead atoms. The molecule has 0 heterocycles. The molecular weight excluding hydrogens is 520 g/mol. The molecule has 1 aliphatic rings. The van der Waals surface area contributed by atoms with Gasteiger partial charge in [-0.3, -0.25) is 0 Å². The Balaban J connectivity index is 1.66. The third-order valence-electron chi connectivity index (χ3n) is 8.60. The lowest BCUT2D eigenvalue weighted by Gasteiger charge is -2.34. The van der Waals surface area contributed by atoms with Gasteiger partial charge in [0, 0.05) is 35.3 Å². The summed E-state index contributed by atoms with van der Waals surface area (Å²) in [4.78, 5) is 0. The highest BCUT2D eigenvalue weighted by molar-refractivity contribution is 5.87. The van der Waals surface area contributed by atoms with Gasteiger partial charge >= 0.3 is 0 Å². The Bertz CT molecular complexity index is 1530. The number of rotatable bonds is 10. The van der Waals surface area contributed by atoms with E-state index in [4.69, 9.17) is 11.5 Å². The molecule has 0 amide bonds. The van der Waals surface area contributed by atoms with Gasteiger partial charge in [0.2, 0.25) is 0 Å². The normalized spacial score (nSPS) is 12.4. The molecule has 4 aromatic carbocycles. The highest BCUT2D eigenvalue weighted by Gasteiger charge is 2.46. The molecule has 2 nitrogen and oxygen atoms in total. The molecule has 0 saturated heterocycles. The summed E-state index contributed by atoms with van der Waals surface area (Å²) < 4.78 is 0. The second-order valence-corrected chi connectivity index (χ2v) is 11.7. The SMILES string of the molecule is CCCCCCC#Cc1ccc2c(c1)C(c1ccc(N)cc1)(c1ccc(N)cc1)c1cc(C#CCCCCCC)ccc1-2. The average Bonchev–Trinajstić information content (AvgIpc) is 3.31. The molecule has 0 unspecified atom stereocenters. The number of benzene rings is 4. The molecule has 43 heavy (non-hydrogen) atoms. The first-order chi connectivity index (χ1) is 21.1. The summed E-state index contributed by atoms with van der Waals surface area (Å²) in [5.74, 6) is 13.9. The number of unbranched alkanes of at least 4 members (excludes halogenated alkanes) is 8. The molecule has 0 aliphatic heterocycles. The van der Waals surface area contributed by atoms with Crippen LogP contribution in [0.25, 0.3) is 11.1 Å². The van der Waals surface area contributed by atoms with Crippen LogP contribution in [0.1, 0.15) is 111 Å². The van der Waals surface area contributed by atoms with Crippen molar-refractivity contribution in [2.75, 3.05) is 11.5 Å². The van der Waals surface area contributed by atoms with Gasteiger partial charge in [0.1, 0.15) is 0 Å². The van der Waals surface area contributed by atoms with Crippen molar-refractivity contribution >= 4 is 11.4 Å². The Labute approximate surface area is 258 Å². The van der Waals surface area contributed by atoms with Crippen molar-refractivity contribution in [2.45, 2.75) is 83.5 Å². The van der Waals surface area contributed by atoms with E-state index in [1.165, 1.54) is 71.9 Å². The minimum Gasteiger partial charge on any atom is -0.399 e. The average molecular weight is 565 g/mol. The van der Waals surface area contributed by atoms with Crippen molar-refractivity contribution in [3.05, 3.63) is 118 Å². The molecule has 2 heteroatoms. The Morgan fingerprint density at radius 1 is 0.512 bits per heavy atom. The standard InChI is InChI=1S/C41H44N2/c1-3-5-7-9-11-13-15-31-17-27-37-38-28-18-32(16-14-12-10-8-6-4-2)30-40(38)41(39(37)29-31,33-19-23-35(42)24-20-33)34-21-25-36(43)26-22-34/h17-30H,3-12,42-43H2,1-2H3.